The van der Waals surface area contributed by atoms with Gasteiger partial charge in [-0.25, -0.2) is 0 Å². The molecule has 0 bridgehead atoms. The van der Waals surface area contributed by atoms with Crippen molar-refractivity contribution in [2.45, 2.75) is 37.7 Å². The van der Waals surface area contributed by atoms with Crippen molar-refractivity contribution in [3.05, 3.63) is 65.7 Å². The Labute approximate surface area is 155 Å². The van der Waals surface area contributed by atoms with Crippen LogP contribution in [0.25, 0.3) is 0 Å². The third-order valence-corrected chi connectivity index (χ3v) is 5.06. The Morgan fingerprint density at radius 3 is 2.48 bits per heavy atom. The van der Waals surface area contributed by atoms with Gasteiger partial charge in [0.15, 0.2) is 0 Å². The van der Waals surface area contributed by atoms with E-state index in [-0.39, 0.29) is 11.2 Å². The normalized spacial score (nSPS) is 11.8. The number of rotatable bonds is 10. The lowest BCUT2D eigenvalue weighted by atomic mass is 10.1. The van der Waals surface area contributed by atoms with Crippen molar-refractivity contribution < 1.29 is 9.53 Å². The van der Waals surface area contributed by atoms with Crippen LogP contribution in [-0.4, -0.2) is 24.3 Å². The van der Waals surface area contributed by atoms with Crippen LogP contribution in [0.1, 0.15) is 31.4 Å². The van der Waals surface area contributed by atoms with E-state index in [1.165, 1.54) is 11.1 Å². The molecule has 2 aromatic carbocycles. The molecule has 0 aliphatic carbocycles. The summed E-state index contributed by atoms with van der Waals surface area (Å²) in [5.41, 5.74) is 2.56. The van der Waals surface area contributed by atoms with Crippen molar-refractivity contribution in [2.24, 2.45) is 0 Å². The van der Waals surface area contributed by atoms with E-state index < -0.39 is 0 Å². The molecule has 1 atom stereocenters. The first-order chi connectivity index (χ1) is 12.2. The molecule has 3 nitrogen and oxygen atoms in total. The second-order valence-electron chi connectivity index (χ2n) is 5.97. The molecule has 0 aliphatic heterocycles. The van der Waals surface area contributed by atoms with Crippen molar-refractivity contribution in [3.8, 4) is 5.75 Å². The zero-order valence-corrected chi connectivity index (χ0v) is 15.9. The van der Waals surface area contributed by atoms with Crippen molar-refractivity contribution in [3.63, 3.8) is 0 Å². The number of ether oxygens (including phenoxy) is 1. The van der Waals surface area contributed by atoms with Crippen molar-refractivity contribution in [2.75, 3.05) is 13.2 Å². The minimum absolute atomic E-state index is 0.0582. The van der Waals surface area contributed by atoms with Gasteiger partial charge in [-0.05, 0) is 36.6 Å². The van der Waals surface area contributed by atoms with E-state index in [4.69, 9.17) is 4.74 Å². The Kier molecular flexibility index (Phi) is 8.40. The predicted molar refractivity (Wildman–Crippen MR) is 106 cm³/mol. The zero-order valence-electron chi connectivity index (χ0n) is 15.0. The van der Waals surface area contributed by atoms with Crippen LogP contribution in [0.5, 0.6) is 5.75 Å². The van der Waals surface area contributed by atoms with Gasteiger partial charge < -0.3 is 10.1 Å². The Balaban J connectivity index is 1.62. The van der Waals surface area contributed by atoms with Gasteiger partial charge in [0.25, 0.3) is 0 Å². The highest BCUT2D eigenvalue weighted by Gasteiger charge is 2.12. The van der Waals surface area contributed by atoms with Crippen molar-refractivity contribution in [1.29, 1.82) is 0 Å². The molecule has 0 saturated heterocycles. The molecule has 4 heteroatoms. The van der Waals surface area contributed by atoms with Crippen LogP contribution in [0, 0.1) is 0 Å². The molecule has 25 heavy (non-hydrogen) atoms. The Morgan fingerprint density at radius 2 is 1.80 bits per heavy atom. The maximum Gasteiger partial charge on any atom is 0.232 e. The smallest absolute Gasteiger partial charge is 0.232 e. The molecule has 0 saturated carbocycles. The predicted octanol–water partition coefficient (Wildman–Crippen LogP) is 4.46. The summed E-state index contributed by atoms with van der Waals surface area (Å²) in [5, 5.41) is 2.86. The lowest BCUT2D eigenvalue weighted by Gasteiger charge is -2.13. The van der Waals surface area contributed by atoms with Gasteiger partial charge in [-0.3, -0.25) is 4.79 Å². The number of benzene rings is 2. The fraction of sp³-hybridized carbons (Fsp3) is 0.381. The number of hydrogen-bond acceptors (Lipinski definition) is 3. The molecule has 0 heterocycles. The Morgan fingerprint density at radius 1 is 1.08 bits per heavy atom. The van der Waals surface area contributed by atoms with E-state index in [0.717, 1.165) is 24.3 Å². The van der Waals surface area contributed by atoms with Gasteiger partial charge in [0.2, 0.25) is 5.91 Å². The summed E-state index contributed by atoms with van der Waals surface area (Å²) in [6.45, 7) is 5.11. The standard InChI is InChI=1S/C21H27NO2S/c1-3-7-18-10-12-20(13-11-18)24-15-14-22-21(23)17(2)25-16-19-8-5-4-6-9-19/h4-6,8-13,17H,3,7,14-16H2,1-2H3,(H,22,23)/t17-/m0/s1. The fourth-order valence-electron chi connectivity index (χ4n) is 2.40. The van der Waals surface area contributed by atoms with Gasteiger partial charge in [-0.2, -0.15) is 0 Å². The highest BCUT2D eigenvalue weighted by molar-refractivity contribution is 7.99. The molecule has 2 aromatic rings. The van der Waals surface area contributed by atoms with Crippen LogP contribution in [-0.2, 0) is 17.0 Å². The molecule has 2 rings (SSSR count). The maximum absolute atomic E-state index is 12.1. The first kappa shape index (κ1) is 19.4. The summed E-state index contributed by atoms with van der Waals surface area (Å²) in [4.78, 5) is 12.1. The van der Waals surface area contributed by atoms with Crippen LogP contribution >= 0.6 is 11.8 Å². The van der Waals surface area contributed by atoms with Crippen LogP contribution in [0.2, 0.25) is 0 Å². The molecule has 0 aromatic heterocycles. The number of carbonyl (C=O) groups is 1. The van der Waals surface area contributed by atoms with Gasteiger partial charge in [0.05, 0.1) is 11.8 Å². The highest BCUT2D eigenvalue weighted by atomic mass is 32.2. The number of aryl methyl sites for hydroxylation is 1. The molecule has 1 N–H and O–H groups in total. The number of nitrogens with one attached hydrogen (secondary N) is 1. The third kappa shape index (κ3) is 7.22. The second kappa shape index (κ2) is 10.8. The topological polar surface area (TPSA) is 38.3 Å². The number of carbonyl (C=O) groups excluding carboxylic acids is 1. The molecule has 1 amide bonds. The van der Waals surface area contributed by atoms with Gasteiger partial charge in [-0.1, -0.05) is 55.8 Å². The summed E-state index contributed by atoms with van der Waals surface area (Å²) in [6, 6.07) is 18.4. The highest BCUT2D eigenvalue weighted by Crippen LogP contribution is 2.17. The third-order valence-electron chi connectivity index (χ3n) is 3.84. The number of thioether (sulfide) groups is 1. The van der Waals surface area contributed by atoms with E-state index >= 15 is 0 Å². The lowest BCUT2D eigenvalue weighted by Crippen LogP contribution is -2.34. The summed E-state index contributed by atoms with van der Waals surface area (Å²) >= 11 is 1.65. The summed E-state index contributed by atoms with van der Waals surface area (Å²) < 4.78 is 5.68. The first-order valence-electron chi connectivity index (χ1n) is 8.84. The maximum atomic E-state index is 12.1. The monoisotopic (exact) mass is 357 g/mol. The summed E-state index contributed by atoms with van der Waals surface area (Å²) in [5.74, 6) is 1.75. The van der Waals surface area contributed by atoms with Gasteiger partial charge in [0, 0.05) is 5.75 Å². The molecule has 0 spiro atoms. The number of hydrogen-bond donors (Lipinski definition) is 1. The SMILES string of the molecule is CCCc1ccc(OCCNC(=O)[C@H](C)SCc2ccccc2)cc1. The van der Waals surface area contributed by atoms with Gasteiger partial charge in [0.1, 0.15) is 12.4 Å². The minimum Gasteiger partial charge on any atom is -0.492 e. The zero-order chi connectivity index (χ0) is 17.9. The molecule has 134 valence electrons. The van der Waals surface area contributed by atoms with Crippen LogP contribution in [0.15, 0.2) is 54.6 Å². The Hall–Kier alpha value is -1.94. The van der Waals surface area contributed by atoms with E-state index in [2.05, 4.69) is 36.5 Å². The average Bonchev–Trinajstić information content (AvgIpc) is 2.65. The number of amides is 1. The molecule has 0 unspecified atom stereocenters. The van der Waals surface area contributed by atoms with E-state index in [9.17, 15) is 4.79 Å². The van der Waals surface area contributed by atoms with E-state index in [1.54, 1.807) is 11.8 Å². The minimum atomic E-state index is -0.0754. The average molecular weight is 358 g/mol. The molecule has 0 aliphatic rings. The van der Waals surface area contributed by atoms with E-state index in [1.807, 2.05) is 37.3 Å². The van der Waals surface area contributed by atoms with Gasteiger partial charge >= 0.3 is 0 Å². The van der Waals surface area contributed by atoms with Crippen LogP contribution in [0.4, 0.5) is 0 Å². The molecule has 0 radical (unpaired) electrons. The quantitative estimate of drug-likeness (QED) is 0.638. The molecular weight excluding hydrogens is 330 g/mol. The largest absolute Gasteiger partial charge is 0.492 e. The van der Waals surface area contributed by atoms with Crippen molar-refractivity contribution >= 4 is 17.7 Å². The summed E-state index contributed by atoms with van der Waals surface area (Å²) in [7, 11) is 0. The lowest BCUT2D eigenvalue weighted by molar-refractivity contribution is -0.120. The fourth-order valence-corrected chi connectivity index (χ4v) is 3.27. The van der Waals surface area contributed by atoms with Crippen LogP contribution < -0.4 is 10.1 Å². The van der Waals surface area contributed by atoms with Crippen LogP contribution in [0.3, 0.4) is 0 Å². The Bertz CT molecular complexity index is 628. The second-order valence-corrected chi connectivity index (χ2v) is 7.30. The first-order valence-corrected chi connectivity index (χ1v) is 9.89. The molecule has 0 fully saturated rings. The summed E-state index contributed by atoms with van der Waals surface area (Å²) in [6.07, 6.45) is 2.24. The van der Waals surface area contributed by atoms with Crippen molar-refractivity contribution in [1.82, 2.24) is 5.32 Å². The van der Waals surface area contributed by atoms with E-state index in [0.29, 0.717) is 13.2 Å². The van der Waals surface area contributed by atoms with Gasteiger partial charge in [-0.15, -0.1) is 11.8 Å². The molecular formula is C21H27NO2S.